The van der Waals surface area contributed by atoms with Crippen LogP contribution in [0.15, 0.2) is 24.3 Å². The van der Waals surface area contributed by atoms with Gasteiger partial charge in [0, 0.05) is 29.7 Å². The number of aromatic nitrogens is 3. The monoisotopic (exact) mass is 427 g/mol. The number of hydrogen-bond donors (Lipinski definition) is 4. The third-order valence-electron chi connectivity index (χ3n) is 5.36. The van der Waals surface area contributed by atoms with Crippen LogP contribution in [0.4, 0.5) is 21.7 Å². The summed E-state index contributed by atoms with van der Waals surface area (Å²) in [4.78, 5) is 16.3. The summed E-state index contributed by atoms with van der Waals surface area (Å²) in [5, 5.41) is 11.8. The number of nitrogens with one attached hydrogen (secondary N) is 2. The average Bonchev–Trinajstić information content (AvgIpc) is 3.10. The van der Waals surface area contributed by atoms with Crippen molar-refractivity contribution >= 4 is 34.1 Å². The van der Waals surface area contributed by atoms with Crippen LogP contribution >= 0.6 is 0 Å². The van der Waals surface area contributed by atoms with Crippen molar-refractivity contribution in [2.75, 3.05) is 10.6 Å². The molecule has 6 N–H and O–H groups in total. The molecule has 0 bridgehead atoms. The normalized spacial score (nSPS) is 13.2. The van der Waals surface area contributed by atoms with Crippen LogP contribution in [-0.4, -0.2) is 32.8 Å². The molecule has 0 spiro atoms. The van der Waals surface area contributed by atoms with E-state index in [1.54, 1.807) is 0 Å². The van der Waals surface area contributed by atoms with Crippen LogP contribution in [0.5, 0.6) is 0 Å². The summed E-state index contributed by atoms with van der Waals surface area (Å²) in [5.74, 6) is -1.23. The van der Waals surface area contributed by atoms with E-state index < -0.39 is 11.7 Å². The van der Waals surface area contributed by atoms with E-state index in [1.807, 2.05) is 43.7 Å². The Balaban J connectivity index is 2.03. The first-order chi connectivity index (χ1) is 14.8. The van der Waals surface area contributed by atoms with E-state index in [1.165, 1.54) is 0 Å². The standard InChI is InChI=1S/C22H30FN7O/c1-5-17(12(4)24)27-22-16(23)11-15(20(25)31)21(28-22)26-13-8-9-19-14(10-13)18(6-2)29-30(19)7-3/h8-12,17H,5-7,24H2,1-4H3,(H2,25,31)(H2,26,27,28)/t12-,17+/m0/s1. The van der Waals surface area contributed by atoms with Crippen molar-refractivity contribution < 1.29 is 9.18 Å². The van der Waals surface area contributed by atoms with Crippen molar-refractivity contribution in [2.24, 2.45) is 11.5 Å². The molecule has 1 aromatic carbocycles. The summed E-state index contributed by atoms with van der Waals surface area (Å²) in [7, 11) is 0. The van der Waals surface area contributed by atoms with Crippen LogP contribution in [-0.2, 0) is 13.0 Å². The van der Waals surface area contributed by atoms with Gasteiger partial charge in [0.1, 0.15) is 5.82 Å². The number of anilines is 3. The highest BCUT2D eigenvalue weighted by molar-refractivity contribution is 5.99. The fourth-order valence-electron chi connectivity index (χ4n) is 3.62. The van der Waals surface area contributed by atoms with Crippen LogP contribution in [0.25, 0.3) is 10.9 Å². The lowest BCUT2D eigenvalue weighted by Gasteiger charge is -2.22. The van der Waals surface area contributed by atoms with Crippen molar-refractivity contribution in [2.45, 2.75) is 59.2 Å². The Morgan fingerprint density at radius 3 is 2.55 bits per heavy atom. The van der Waals surface area contributed by atoms with Crippen LogP contribution in [0.1, 0.15) is 50.2 Å². The van der Waals surface area contributed by atoms with E-state index in [-0.39, 0.29) is 29.3 Å². The molecule has 3 aromatic rings. The van der Waals surface area contributed by atoms with Crippen molar-refractivity contribution in [1.82, 2.24) is 14.8 Å². The van der Waals surface area contributed by atoms with Gasteiger partial charge in [-0.1, -0.05) is 13.8 Å². The van der Waals surface area contributed by atoms with Crippen molar-refractivity contribution in [1.29, 1.82) is 0 Å². The highest BCUT2D eigenvalue weighted by atomic mass is 19.1. The molecule has 0 radical (unpaired) electrons. The molecule has 0 saturated heterocycles. The van der Waals surface area contributed by atoms with Gasteiger partial charge in [0.2, 0.25) is 0 Å². The molecule has 0 unspecified atom stereocenters. The molecule has 1 amide bonds. The van der Waals surface area contributed by atoms with Gasteiger partial charge in [-0.15, -0.1) is 0 Å². The van der Waals surface area contributed by atoms with Gasteiger partial charge in [0.15, 0.2) is 11.6 Å². The molecule has 2 aromatic heterocycles. The molecule has 9 heteroatoms. The van der Waals surface area contributed by atoms with Crippen LogP contribution in [0.3, 0.4) is 0 Å². The quantitative estimate of drug-likeness (QED) is 0.414. The largest absolute Gasteiger partial charge is 0.365 e. The van der Waals surface area contributed by atoms with E-state index in [4.69, 9.17) is 11.5 Å². The molecular weight excluding hydrogens is 397 g/mol. The lowest BCUT2D eigenvalue weighted by Crippen LogP contribution is -2.38. The van der Waals surface area contributed by atoms with Gasteiger partial charge in [-0.3, -0.25) is 9.48 Å². The third-order valence-corrected chi connectivity index (χ3v) is 5.36. The molecule has 166 valence electrons. The van der Waals surface area contributed by atoms with Crippen LogP contribution < -0.4 is 22.1 Å². The molecule has 2 atom stereocenters. The lowest BCUT2D eigenvalue weighted by molar-refractivity contribution is 0.100. The third kappa shape index (κ3) is 4.61. The number of carbonyl (C=O) groups is 1. The van der Waals surface area contributed by atoms with Crippen LogP contribution in [0.2, 0.25) is 0 Å². The Hall–Kier alpha value is -3.20. The first kappa shape index (κ1) is 22.5. The number of rotatable bonds is 9. The van der Waals surface area contributed by atoms with E-state index in [9.17, 15) is 9.18 Å². The molecule has 0 aliphatic rings. The number of aryl methyl sites for hydroxylation is 2. The number of carbonyl (C=O) groups excluding carboxylic acids is 1. The number of primary amides is 1. The van der Waals surface area contributed by atoms with Gasteiger partial charge in [-0.05, 0) is 51.0 Å². The minimum Gasteiger partial charge on any atom is -0.365 e. The van der Waals surface area contributed by atoms with Gasteiger partial charge < -0.3 is 22.1 Å². The second kappa shape index (κ2) is 9.30. The fraction of sp³-hybridized carbons (Fsp3) is 0.409. The summed E-state index contributed by atoms with van der Waals surface area (Å²) >= 11 is 0. The zero-order valence-electron chi connectivity index (χ0n) is 18.4. The summed E-state index contributed by atoms with van der Waals surface area (Å²) < 4.78 is 16.6. The maximum absolute atomic E-state index is 14.6. The zero-order valence-corrected chi connectivity index (χ0v) is 18.4. The predicted octanol–water partition coefficient (Wildman–Crippen LogP) is 3.53. The molecule has 3 rings (SSSR count). The minimum atomic E-state index is -0.770. The molecule has 0 saturated carbocycles. The molecule has 0 aliphatic carbocycles. The molecule has 0 aliphatic heterocycles. The van der Waals surface area contributed by atoms with E-state index in [0.29, 0.717) is 12.1 Å². The van der Waals surface area contributed by atoms with E-state index in [2.05, 4.69) is 27.6 Å². The number of pyridine rings is 1. The number of amides is 1. The summed E-state index contributed by atoms with van der Waals surface area (Å²) in [6.07, 6.45) is 1.48. The van der Waals surface area contributed by atoms with Gasteiger partial charge in [-0.25, -0.2) is 9.37 Å². The highest BCUT2D eigenvalue weighted by Crippen LogP contribution is 2.28. The fourth-order valence-corrected chi connectivity index (χ4v) is 3.62. The summed E-state index contributed by atoms with van der Waals surface area (Å²) in [6, 6.07) is 6.51. The average molecular weight is 428 g/mol. The van der Waals surface area contributed by atoms with E-state index in [0.717, 1.165) is 35.6 Å². The molecule has 8 nitrogen and oxygen atoms in total. The van der Waals surface area contributed by atoms with Gasteiger partial charge in [0.05, 0.1) is 16.8 Å². The van der Waals surface area contributed by atoms with E-state index >= 15 is 0 Å². The summed E-state index contributed by atoms with van der Waals surface area (Å²) in [5.41, 5.74) is 14.1. The Labute approximate surface area is 181 Å². The first-order valence-electron chi connectivity index (χ1n) is 10.6. The molecule has 2 heterocycles. The Morgan fingerprint density at radius 2 is 1.97 bits per heavy atom. The second-order valence-corrected chi connectivity index (χ2v) is 7.57. The van der Waals surface area contributed by atoms with Crippen molar-refractivity contribution in [3.63, 3.8) is 0 Å². The molecule has 0 fully saturated rings. The van der Waals surface area contributed by atoms with Crippen molar-refractivity contribution in [3.8, 4) is 0 Å². The Kier molecular flexibility index (Phi) is 6.74. The minimum absolute atomic E-state index is 0.0192. The van der Waals surface area contributed by atoms with Gasteiger partial charge in [-0.2, -0.15) is 5.10 Å². The predicted molar refractivity (Wildman–Crippen MR) is 122 cm³/mol. The Bertz CT molecular complexity index is 1090. The maximum Gasteiger partial charge on any atom is 0.252 e. The number of hydrogen-bond acceptors (Lipinski definition) is 6. The first-order valence-corrected chi connectivity index (χ1v) is 10.6. The van der Waals surface area contributed by atoms with Crippen LogP contribution in [0, 0.1) is 5.82 Å². The topological polar surface area (TPSA) is 124 Å². The number of benzene rings is 1. The molecule has 31 heavy (non-hydrogen) atoms. The second-order valence-electron chi connectivity index (χ2n) is 7.57. The Morgan fingerprint density at radius 1 is 1.23 bits per heavy atom. The number of fused-ring (bicyclic) bond motifs is 1. The number of halogens is 1. The SMILES string of the molecule is CCc1nn(CC)c2ccc(Nc3nc(N[C@H](CC)[C@H](C)N)c(F)cc3C(N)=O)cc12. The smallest absolute Gasteiger partial charge is 0.252 e. The van der Waals surface area contributed by atoms with Gasteiger partial charge in [0.25, 0.3) is 5.91 Å². The van der Waals surface area contributed by atoms with Crippen molar-refractivity contribution in [3.05, 3.63) is 41.3 Å². The highest BCUT2D eigenvalue weighted by Gasteiger charge is 2.20. The summed E-state index contributed by atoms with van der Waals surface area (Å²) in [6.45, 7) is 8.65. The number of nitrogens with zero attached hydrogens (tertiary/aromatic N) is 3. The lowest BCUT2D eigenvalue weighted by atomic mass is 10.1. The number of nitrogens with two attached hydrogens (primary N) is 2. The zero-order chi connectivity index (χ0) is 22.7. The van der Waals surface area contributed by atoms with Gasteiger partial charge >= 0.3 is 0 Å². The maximum atomic E-state index is 14.6. The molecular formula is C22H30FN7O.